The van der Waals surface area contributed by atoms with Gasteiger partial charge in [0.15, 0.2) is 0 Å². The third-order valence-corrected chi connectivity index (χ3v) is 1.80. The first kappa shape index (κ1) is 10.3. The number of aromatic nitrogens is 2. The Morgan fingerprint density at radius 2 is 2.23 bits per heavy atom. The van der Waals surface area contributed by atoms with Crippen LogP contribution in [-0.2, 0) is 18.4 Å². The molecule has 0 saturated heterocycles. The molecular weight excluding hydrogens is 164 g/mol. The van der Waals surface area contributed by atoms with Gasteiger partial charge in [0.2, 0.25) is 0 Å². The molecule has 0 aliphatic heterocycles. The van der Waals surface area contributed by atoms with Crippen LogP contribution in [0, 0.1) is 12.8 Å². The Morgan fingerprint density at radius 1 is 1.54 bits per heavy atom. The molecule has 0 N–H and O–H groups in total. The minimum atomic E-state index is 0.592. The molecule has 0 fully saturated rings. The van der Waals surface area contributed by atoms with E-state index in [0.29, 0.717) is 12.5 Å². The van der Waals surface area contributed by atoms with Crippen LogP contribution in [0.3, 0.4) is 0 Å². The van der Waals surface area contributed by atoms with Crippen LogP contribution >= 0.6 is 0 Å². The van der Waals surface area contributed by atoms with Crippen LogP contribution in [0.2, 0.25) is 0 Å². The Hall–Kier alpha value is -0.830. The Bertz CT molecular complexity index is 266. The number of hydrogen-bond acceptors (Lipinski definition) is 2. The summed E-state index contributed by atoms with van der Waals surface area (Å²) in [5, 5.41) is 4.25. The van der Waals surface area contributed by atoms with Gasteiger partial charge >= 0.3 is 0 Å². The van der Waals surface area contributed by atoms with Crippen molar-refractivity contribution in [3.63, 3.8) is 0 Å². The zero-order valence-corrected chi connectivity index (χ0v) is 8.87. The molecule has 0 amide bonds. The molecule has 0 spiro atoms. The molecule has 0 saturated carbocycles. The molecule has 0 aliphatic carbocycles. The smallest absolute Gasteiger partial charge is 0.0884 e. The monoisotopic (exact) mass is 182 g/mol. The van der Waals surface area contributed by atoms with E-state index in [1.54, 1.807) is 0 Å². The lowest BCUT2D eigenvalue weighted by Gasteiger charge is -2.06. The molecular formula is C10H18N2O. The summed E-state index contributed by atoms with van der Waals surface area (Å²) in [4.78, 5) is 0. The van der Waals surface area contributed by atoms with Gasteiger partial charge in [0.05, 0.1) is 18.0 Å². The van der Waals surface area contributed by atoms with E-state index < -0.39 is 0 Å². The fourth-order valence-electron chi connectivity index (χ4n) is 1.20. The third kappa shape index (κ3) is 3.19. The summed E-state index contributed by atoms with van der Waals surface area (Å²) in [7, 11) is 1.95. The number of hydrogen-bond donors (Lipinski definition) is 0. The van der Waals surface area contributed by atoms with Crippen LogP contribution < -0.4 is 0 Å². The third-order valence-electron chi connectivity index (χ3n) is 1.80. The predicted octanol–water partition coefficient (Wildman–Crippen LogP) is 1.90. The van der Waals surface area contributed by atoms with Gasteiger partial charge in [-0.15, -0.1) is 0 Å². The highest BCUT2D eigenvalue weighted by Gasteiger charge is 2.02. The number of aryl methyl sites for hydroxylation is 2. The highest BCUT2D eigenvalue weighted by molar-refractivity contribution is 5.07. The van der Waals surface area contributed by atoms with Gasteiger partial charge in [0.1, 0.15) is 0 Å². The first-order valence-corrected chi connectivity index (χ1v) is 4.67. The second-order valence-corrected chi connectivity index (χ2v) is 3.81. The molecule has 1 heterocycles. The minimum Gasteiger partial charge on any atom is -0.375 e. The fourth-order valence-corrected chi connectivity index (χ4v) is 1.20. The van der Waals surface area contributed by atoms with E-state index in [1.807, 2.05) is 18.7 Å². The van der Waals surface area contributed by atoms with Gasteiger partial charge < -0.3 is 4.74 Å². The summed E-state index contributed by atoms with van der Waals surface area (Å²) < 4.78 is 7.39. The van der Waals surface area contributed by atoms with Gasteiger partial charge in [0, 0.05) is 13.7 Å². The lowest BCUT2D eigenvalue weighted by Crippen LogP contribution is -2.05. The summed E-state index contributed by atoms with van der Waals surface area (Å²) in [5.41, 5.74) is 2.18. The van der Waals surface area contributed by atoms with Crippen LogP contribution in [0.4, 0.5) is 0 Å². The molecule has 1 aromatic rings. The zero-order chi connectivity index (χ0) is 9.84. The maximum Gasteiger partial charge on any atom is 0.0884 e. The summed E-state index contributed by atoms with van der Waals surface area (Å²) in [6.07, 6.45) is 0. The molecule has 3 nitrogen and oxygen atoms in total. The number of nitrogens with zero attached hydrogens (tertiary/aromatic N) is 2. The quantitative estimate of drug-likeness (QED) is 0.711. The molecule has 0 bridgehead atoms. The summed E-state index contributed by atoms with van der Waals surface area (Å²) in [5.74, 6) is 0.592. The standard InChI is InChI=1S/C10H18N2O/c1-8(2)6-13-7-10-5-9(3)11-12(10)4/h5,8H,6-7H2,1-4H3. The van der Waals surface area contributed by atoms with E-state index >= 15 is 0 Å². The van der Waals surface area contributed by atoms with E-state index in [1.165, 1.54) is 0 Å². The molecule has 74 valence electrons. The van der Waals surface area contributed by atoms with Crippen molar-refractivity contribution < 1.29 is 4.74 Å². The second-order valence-electron chi connectivity index (χ2n) is 3.81. The highest BCUT2D eigenvalue weighted by atomic mass is 16.5. The Labute approximate surface area is 79.7 Å². The van der Waals surface area contributed by atoms with Crippen molar-refractivity contribution >= 4 is 0 Å². The van der Waals surface area contributed by atoms with E-state index in [4.69, 9.17) is 4.74 Å². The fraction of sp³-hybridized carbons (Fsp3) is 0.700. The van der Waals surface area contributed by atoms with Gasteiger partial charge in [-0.3, -0.25) is 4.68 Å². The molecule has 0 atom stereocenters. The summed E-state index contributed by atoms with van der Waals surface area (Å²) in [6, 6.07) is 2.06. The SMILES string of the molecule is Cc1cc(COCC(C)C)n(C)n1. The second kappa shape index (κ2) is 4.42. The lowest BCUT2D eigenvalue weighted by atomic mass is 10.2. The predicted molar refractivity (Wildman–Crippen MR) is 52.4 cm³/mol. The maximum absolute atomic E-state index is 5.51. The van der Waals surface area contributed by atoms with Gasteiger partial charge in [-0.1, -0.05) is 13.8 Å². The van der Waals surface area contributed by atoms with Crippen LogP contribution in [0.15, 0.2) is 6.07 Å². The van der Waals surface area contributed by atoms with Crippen molar-refractivity contribution in [3.05, 3.63) is 17.5 Å². The molecule has 1 aromatic heterocycles. The maximum atomic E-state index is 5.51. The van der Waals surface area contributed by atoms with Gasteiger partial charge in [0.25, 0.3) is 0 Å². The van der Waals surface area contributed by atoms with Crippen molar-refractivity contribution in [2.75, 3.05) is 6.61 Å². The first-order valence-electron chi connectivity index (χ1n) is 4.67. The normalized spacial score (nSPS) is 11.2. The average Bonchev–Trinajstić information content (AvgIpc) is 2.29. The first-order chi connectivity index (χ1) is 6.09. The number of ether oxygens (including phenoxy) is 1. The van der Waals surface area contributed by atoms with Crippen molar-refractivity contribution in [1.29, 1.82) is 0 Å². The lowest BCUT2D eigenvalue weighted by molar-refractivity contribution is 0.0926. The Kier molecular flexibility index (Phi) is 3.48. The molecule has 1 rings (SSSR count). The van der Waals surface area contributed by atoms with Crippen molar-refractivity contribution in [2.45, 2.75) is 27.4 Å². The van der Waals surface area contributed by atoms with Gasteiger partial charge in [-0.25, -0.2) is 0 Å². The van der Waals surface area contributed by atoms with Crippen molar-refractivity contribution in [3.8, 4) is 0 Å². The molecule has 3 heteroatoms. The van der Waals surface area contributed by atoms with Gasteiger partial charge in [-0.2, -0.15) is 5.10 Å². The topological polar surface area (TPSA) is 27.1 Å². The van der Waals surface area contributed by atoms with Crippen LogP contribution in [0.1, 0.15) is 25.2 Å². The molecule has 0 aromatic carbocycles. The van der Waals surface area contributed by atoms with E-state index in [9.17, 15) is 0 Å². The van der Waals surface area contributed by atoms with E-state index in [2.05, 4.69) is 25.0 Å². The van der Waals surface area contributed by atoms with E-state index in [0.717, 1.165) is 18.0 Å². The van der Waals surface area contributed by atoms with Gasteiger partial charge in [-0.05, 0) is 18.9 Å². The Morgan fingerprint density at radius 3 is 2.69 bits per heavy atom. The zero-order valence-electron chi connectivity index (χ0n) is 8.87. The molecule has 13 heavy (non-hydrogen) atoms. The Balaban J connectivity index is 2.40. The molecule has 0 aliphatic rings. The number of rotatable bonds is 4. The van der Waals surface area contributed by atoms with Crippen LogP contribution in [0.25, 0.3) is 0 Å². The minimum absolute atomic E-state index is 0.592. The van der Waals surface area contributed by atoms with Crippen LogP contribution in [-0.4, -0.2) is 16.4 Å². The molecule has 0 radical (unpaired) electrons. The van der Waals surface area contributed by atoms with Crippen molar-refractivity contribution in [1.82, 2.24) is 9.78 Å². The highest BCUT2D eigenvalue weighted by Crippen LogP contribution is 2.04. The van der Waals surface area contributed by atoms with E-state index in [-0.39, 0.29) is 0 Å². The molecule has 0 unspecified atom stereocenters. The van der Waals surface area contributed by atoms with Crippen LogP contribution in [0.5, 0.6) is 0 Å². The average molecular weight is 182 g/mol. The summed E-state index contributed by atoms with van der Waals surface area (Å²) >= 11 is 0. The largest absolute Gasteiger partial charge is 0.375 e. The van der Waals surface area contributed by atoms with Crippen molar-refractivity contribution in [2.24, 2.45) is 13.0 Å². The summed E-state index contributed by atoms with van der Waals surface area (Å²) in [6.45, 7) is 7.76.